The molecule has 0 aromatic heterocycles. The number of amides is 1. The van der Waals surface area contributed by atoms with Crippen LogP contribution < -0.4 is 31.0 Å². The second-order valence-corrected chi connectivity index (χ2v) is 10.2. The first-order valence-electron chi connectivity index (χ1n) is 12.1. The fourth-order valence-corrected chi connectivity index (χ4v) is 5.62. The van der Waals surface area contributed by atoms with E-state index < -0.39 is 0 Å². The van der Waals surface area contributed by atoms with Gasteiger partial charge in [-0.05, 0) is 47.4 Å². The van der Waals surface area contributed by atoms with Gasteiger partial charge >= 0.3 is 0 Å². The highest BCUT2D eigenvalue weighted by Crippen LogP contribution is 2.43. The van der Waals surface area contributed by atoms with E-state index in [1.807, 2.05) is 60.7 Å². The van der Waals surface area contributed by atoms with E-state index in [4.69, 9.17) is 9.47 Å². The summed E-state index contributed by atoms with van der Waals surface area (Å²) < 4.78 is 12.0. The Kier molecular flexibility index (Phi) is 7.57. The second-order valence-electron chi connectivity index (χ2n) is 9.25. The lowest BCUT2D eigenvalue weighted by atomic mass is 9.74. The largest absolute Gasteiger partial charge is 0.493 e. The molecule has 2 saturated heterocycles. The van der Waals surface area contributed by atoms with Gasteiger partial charge in [-0.3, -0.25) is 10.1 Å². The van der Waals surface area contributed by atoms with E-state index in [9.17, 15) is 4.79 Å². The van der Waals surface area contributed by atoms with Crippen molar-refractivity contribution in [1.29, 1.82) is 0 Å². The average Bonchev–Trinajstić information content (AvgIpc) is 3.36. The number of halogens is 1. The summed E-state index contributed by atoms with van der Waals surface area (Å²) in [7, 11) is 3.27. The molecular formula is C28H31BrN4O3. The minimum atomic E-state index is -0.214. The van der Waals surface area contributed by atoms with E-state index >= 15 is 0 Å². The van der Waals surface area contributed by atoms with Gasteiger partial charge in [0.15, 0.2) is 11.5 Å². The van der Waals surface area contributed by atoms with Gasteiger partial charge in [0.25, 0.3) is 0 Å². The number of hydrogen-bond donors (Lipinski definition) is 4. The maximum absolute atomic E-state index is 13.7. The Balaban J connectivity index is 1.43. The standard InChI is InChI=1S/C28H31BrN4O3/c1-35-23-13-10-19(14-24(23)36-2)22-15-21(28(34)30-16-17-6-4-3-5-7-17)25-26(32-33-27(25)31-22)18-8-11-20(29)12-9-18/h3-14,21-22,25-27,31-33H,15-16H2,1-2H3,(H,30,34). The third kappa shape index (κ3) is 5.13. The monoisotopic (exact) mass is 550 g/mol. The fourth-order valence-electron chi connectivity index (χ4n) is 5.35. The highest BCUT2D eigenvalue weighted by atomic mass is 79.9. The van der Waals surface area contributed by atoms with Crippen molar-refractivity contribution in [2.45, 2.75) is 31.2 Å². The molecule has 0 radical (unpaired) electrons. The molecule has 1 amide bonds. The summed E-state index contributed by atoms with van der Waals surface area (Å²) in [6.45, 7) is 0.506. The van der Waals surface area contributed by atoms with Gasteiger partial charge in [-0.2, -0.15) is 0 Å². The van der Waals surface area contributed by atoms with E-state index in [-0.39, 0.29) is 36.0 Å². The summed E-state index contributed by atoms with van der Waals surface area (Å²) in [5.41, 5.74) is 10.2. The molecule has 188 valence electrons. The molecule has 5 rings (SSSR count). The molecule has 2 aliphatic rings. The van der Waals surface area contributed by atoms with Gasteiger partial charge < -0.3 is 14.8 Å². The molecule has 3 aromatic rings. The number of hydrazine groups is 1. The lowest BCUT2D eigenvalue weighted by Gasteiger charge is -2.40. The van der Waals surface area contributed by atoms with Crippen molar-refractivity contribution in [1.82, 2.24) is 21.5 Å². The number of fused-ring (bicyclic) bond motifs is 1. The number of nitrogens with one attached hydrogen (secondary N) is 4. The molecule has 4 N–H and O–H groups in total. The number of hydrogen-bond acceptors (Lipinski definition) is 6. The van der Waals surface area contributed by atoms with Crippen LogP contribution in [0.1, 0.15) is 35.2 Å². The first kappa shape index (κ1) is 24.8. The molecule has 5 unspecified atom stereocenters. The molecule has 8 heteroatoms. The van der Waals surface area contributed by atoms with Crippen LogP contribution in [0.15, 0.2) is 77.3 Å². The van der Waals surface area contributed by atoms with Crippen molar-refractivity contribution in [3.05, 3.63) is 94.0 Å². The molecule has 0 spiro atoms. The lowest BCUT2D eigenvalue weighted by molar-refractivity contribution is -0.129. The van der Waals surface area contributed by atoms with Gasteiger partial charge in [-0.15, -0.1) is 0 Å². The Morgan fingerprint density at radius 1 is 0.944 bits per heavy atom. The molecule has 3 aromatic carbocycles. The number of benzene rings is 3. The molecule has 0 aliphatic carbocycles. The lowest BCUT2D eigenvalue weighted by Crippen LogP contribution is -2.54. The first-order chi connectivity index (χ1) is 17.6. The minimum Gasteiger partial charge on any atom is -0.493 e. The summed E-state index contributed by atoms with van der Waals surface area (Å²) in [6, 6.07) is 24.2. The van der Waals surface area contributed by atoms with Crippen LogP contribution in [0.2, 0.25) is 0 Å². The predicted octanol–water partition coefficient (Wildman–Crippen LogP) is 4.22. The van der Waals surface area contributed by atoms with Crippen LogP contribution in [0, 0.1) is 11.8 Å². The third-order valence-corrected chi connectivity index (χ3v) is 7.71. The zero-order chi connectivity index (χ0) is 25.1. The Morgan fingerprint density at radius 2 is 1.67 bits per heavy atom. The molecular weight excluding hydrogens is 520 g/mol. The first-order valence-corrected chi connectivity index (χ1v) is 12.9. The Morgan fingerprint density at radius 3 is 2.39 bits per heavy atom. The van der Waals surface area contributed by atoms with Crippen LogP contribution in [0.4, 0.5) is 0 Å². The van der Waals surface area contributed by atoms with Gasteiger partial charge in [0.1, 0.15) is 0 Å². The van der Waals surface area contributed by atoms with E-state index in [0.29, 0.717) is 24.5 Å². The van der Waals surface area contributed by atoms with E-state index in [1.165, 1.54) is 0 Å². The number of piperidine rings is 1. The van der Waals surface area contributed by atoms with Gasteiger partial charge in [0, 0.05) is 28.9 Å². The SMILES string of the molecule is COc1ccc(C2CC(C(=O)NCc3ccccc3)C3C(NNC3c3ccc(Br)cc3)N2)cc1OC. The summed E-state index contributed by atoms with van der Waals surface area (Å²) in [5.74, 6) is 1.23. The van der Waals surface area contributed by atoms with Crippen molar-refractivity contribution in [3.8, 4) is 11.5 Å². The van der Waals surface area contributed by atoms with Gasteiger partial charge in [-0.1, -0.05) is 64.5 Å². The van der Waals surface area contributed by atoms with Crippen LogP contribution >= 0.6 is 15.9 Å². The van der Waals surface area contributed by atoms with E-state index in [1.54, 1.807) is 14.2 Å². The number of rotatable bonds is 7. The number of methoxy groups -OCH3 is 2. The zero-order valence-corrected chi connectivity index (χ0v) is 21.9. The van der Waals surface area contributed by atoms with Crippen molar-refractivity contribution in [2.24, 2.45) is 11.8 Å². The van der Waals surface area contributed by atoms with Crippen molar-refractivity contribution in [2.75, 3.05) is 14.2 Å². The van der Waals surface area contributed by atoms with Crippen LogP contribution in [0.25, 0.3) is 0 Å². The molecule has 0 saturated carbocycles. The highest BCUT2D eigenvalue weighted by Gasteiger charge is 2.49. The topological polar surface area (TPSA) is 83.7 Å². The molecule has 2 heterocycles. The smallest absolute Gasteiger partial charge is 0.223 e. The van der Waals surface area contributed by atoms with Crippen molar-refractivity contribution in [3.63, 3.8) is 0 Å². The predicted molar refractivity (Wildman–Crippen MR) is 142 cm³/mol. The molecule has 2 fully saturated rings. The van der Waals surface area contributed by atoms with Crippen LogP contribution in [-0.4, -0.2) is 26.3 Å². The Hall–Kier alpha value is -2.91. The zero-order valence-electron chi connectivity index (χ0n) is 20.3. The van der Waals surface area contributed by atoms with Crippen molar-refractivity contribution >= 4 is 21.8 Å². The van der Waals surface area contributed by atoms with Gasteiger partial charge in [0.2, 0.25) is 5.91 Å². The Labute approximate surface area is 220 Å². The fraction of sp³-hybridized carbons (Fsp3) is 0.321. The minimum absolute atomic E-state index is 0.00516. The maximum atomic E-state index is 13.7. The third-order valence-electron chi connectivity index (χ3n) is 7.18. The molecule has 2 aliphatic heterocycles. The maximum Gasteiger partial charge on any atom is 0.223 e. The van der Waals surface area contributed by atoms with E-state index in [2.05, 4.69) is 49.5 Å². The molecule has 7 nitrogen and oxygen atoms in total. The molecule has 0 bridgehead atoms. The molecule has 36 heavy (non-hydrogen) atoms. The summed E-state index contributed by atoms with van der Waals surface area (Å²) in [5, 5.41) is 6.93. The number of carbonyl (C=O) groups is 1. The van der Waals surface area contributed by atoms with E-state index in [0.717, 1.165) is 21.2 Å². The highest BCUT2D eigenvalue weighted by molar-refractivity contribution is 9.10. The van der Waals surface area contributed by atoms with Crippen LogP contribution in [0.3, 0.4) is 0 Å². The second kappa shape index (κ2) is 11.0. The van der Waals surface area contributed by atoms with Gasteiger partial charge in [-0.25, -0.2) is 10.9 Å². The summed E-state index contributed by atoms with van der Waals surface area (Å²) in [6.07, 6.45) is 0.575. The average molecular weight is 551 g/mol. The molecule has 5 atom stereocenters. The number of ether oxygens (including phenoxy) is 2. The summed E-state index contributed by atoms with van der Waals surface area (Å²) in [4.78, 5) is 13.7. The summed E-state index contributed by atoms with van der Waals surface area (Å²) >= 11 is 3.52. The van der Waals surface area contributed by atoms with Crippen molar-refractivity contribution < 1.29 is 14.3 Å². The van der Waals surface area contributed by atoms with Crippen LogP contribution in [-0.2, 0) is 11.3 Å². The normalized spacial score (nSPS) is 25.1. The Bertz CT molecular complexity index is 1190. The number of carbonyl (C=O) groups excluding carboxylic acids is 1. The van der Waals surface area contributed by atoms with Gasteiger partial charge in [0.05, 0.1) is 26.4 Å². The quantitative estimate of drug-likeness (QED) is 0.352. The van der Waals surface area contributed by atoms with Crippen LogP contribution in [0.5, 0.6) is 11.5 Å².